The molecule has 1 fully saturated rings. The van der Waals surface area contributed by atoms with Gasteiger partial charge in [-0.05, 0) is 19.1 Å². The number of fused-ring (bicyclic) bond motifs is 1. The van der Waals surface area contributed by atoms with Gasteiger partial charge in [-0.3, -0.25) is 0 Å². The summed E-state index contributed by atoms with van der Waals surface area (Å²) in [6.07, 6.45) is -5.62. The molecule has 0 amide bonds. The van der Waals surface area contributed by atoms with Gasteiger partial charge in [-0.15, -0.1) is 0 Å². The van der Waals surface area contributed by atoms with E-state index in [9.17, 15) is 26.0 Å². The number of nitrogens with zero attached hydrogens (tertiary/aromatic N) is 6. The quantitative estimate of drug-likeness (QED) is 0.508. The van der Waals surface area contributed by atoms with Crippen LogP contribution in [0.3, 0.4) is 0 Å². The van der Waals surface area contributed by atoms with Crippen LogP contribution in [0.2, 0.25) is 0 Å². The van der Waals surface area contributed by atoms with Gasteiger partial charge < -0.3 is 9.64 Å². The minimum atomic E-state index is -4.66. The highest BCUT2D eigenvalue weighted by molar-refractivity contribution is 7.88. The molecule has 0 spiro atoms. The standard InChI is InChI=1S/C19H21F4N7O3S/c1-11(20)13-3-4-17-24-7-15(30(17)28-13)14-5-18(26-10-25-14)29-8-12(6-27-34(2,31)32)33-16(9-29)19(21,22)23/h3-5,7,10-12,16,27H,6,8-9H2,1-2H3/t11?,12-,16-/m1/s1. The molecule has 15 heteroatoms. The van der Waals surface area contributed by atoms with Crippen molar-refractivity contribution in [3.05, 3.63) is 36.4 Å². The summed E-state index contributed by atoms with van der Waals surface area (Å²) in [6.45, 7) is 0.435. The van der Waals surface area contributed by atoms with Crippen molar-refractivity contribution < 1.29 is 30.7 Å². The predicted octanol–water partition coefficient (Wildman–Crippen LogP) is 1.90. The van der Waals surface area contributed by atoms with Crippen LogP contribution in [-0.2, 0) is 14.8 Å². The van der Waals surface area contributed by atoms with E-state index >= 15 is 0 Å². The van der Waals surface area contributed by atoms with Gasteiger partial charge in [0.05, 0.1) is 36.5 Å². The average molecular weight is 503 g/mol. The molecule has 184 valence electrons. The maximum Gasteiger partial charge on any atom is 0.416 e. The largest absolute Gasteiger partial charge is 0.416 e. The van der Waals surface area contributed by atoms with E-state index in [0.717, 1.165) is 6.26 Å². The van der Waals surface area contributed by atoms with Crippen LogP contribution in [0, 0.1) is 0 Å². The summed E-state index contributed by atoms with van der Waals surface area (Å²) in [5, 5.41) is 4.23. The lowest BCUT2D eigenvalue weighted by atomic mass is 10.2. The van der Waals surface area contributed by atoms with Crippen molar-refractivity contribution in [3.63, 3.8) is 0 Å². The molecule has 3 aromatic heterocycles. The fraction of sp³-hybridized carbons (Fsp3) is 0.474. The van der Waals surface area contributed by atoms with Crippen molar-refractivity contribution >= 4 is 21.5 Å². The first-order valence-corrected chi connectivity index (χ1v) is 12.0. The van der Waals surface area contributed by atoms with Crippen molar-refractivity contribution in [2.24, 2.45) is 0 Å². The van der Waals surface area contributed by atoms with Crippen LogP contribution in [0.15, 0.2) is 30.7 Å². The molecule has 34 heavy (non-hydrogen) atoms. The molecule has 3 atom stereocenters. The average Bonchev–Trinajstić information content (AvgIpc) is 3.20. The zero-order valence-electron chi connectivity index (χ0n) is 18.1. The number of ether oxygens (including phenoxy) is 1. The molecular weight excluding hydrogens is 482 g/mol. The Labute approximate surface area is 192 Å². The first-order valence-electron chi connectivity index (χ1n) is 10.1. The van der Waals surface area contributed by atoms with E-state index < -0.39 is 41.1 Å². The summed E-state index contributed by atoms with van der Waals surface area (Å²) in [4.78, 5) is 13.8. The van der Waals surface area contributed by atoms with Crippen molar-refractivity contribution in [1.29, 1.82) is 0 Å². The number of hydrogen-bond acceptors (Lipinski definition) is 8. The molecular formula is C19H21F4N7O3S. The maximum absolute atomic E-state index is 13.7. The van der Waals surface area contributed by atoms with E-state index in [1.807, 2.05) is 0 Å². The number of nitrogens with one attached hydrogen (secondary N) is 1. The molecule has 4 rings (SSSR count). The molecule has 0 aromatic carbocycles. The highest BCUT2D eigenvalue weighted by Gasteiger charge is 2.46. The van der Waals surface area contributed by atoms with Crippen LogP contribution in [0.4, 0.5) is 23.4 Å². The molecule has 1 N–H and O–H groups in total. The van der Waals surface area contributed by atoms with Gasteiger partial charge >= 0.3 is 6.18 Å². The highest BCUT2D eigenvalue weighted by Crippen LogP contribution is 2.30. The third-order valence-electron chi connectivity index (χ3n) is 5.13. The zero-order chi connectivity index (χ0) is 24.7. The normalized spacial score (nSPS) is 20.6. The summed E-state index contributed by atoms with van der Waals surface area (Å²) >= 11 is 0. The second-order valence-electron chi connectivity index (χ2n) is 7.86. The van der Waals surface area contributed by atoms with Gasteiger partial charge in [0.15, 0.2) is 11.8 Å². The highest BCUT2D eigenvalue weighted by atomic mass is 32.2. The van der Waals surface area contributed by atoms with Gasteiger partial charge in [-0.1, -0.05) is 0 Å². The molecule has 1 saturated heterocycles. The fourth-order valence-corrected chi connectivity index (χ4v) is 3.99. The Bertz CT molecular complexity index is 1280. The molecule has 0 aliphatic carbocycles. The molecule has 1 unspecified atom stereocenters. The smallest absolute Gasteiger partial charge is 0.360 e. The molecule has 1 aliphatic rings. The zero-order valence-corrected chi connectivity index (χ0v) is 18.9. The van der Waals surface area contributed by atoms with Gasteiger partial charge in [0, 0.05) is 19.2 Å². The topological polar surface area (TPSA) is 115 Å². The van der Waals surface area contributed by atoms with Crippen LogP contribution in [-0.4, -0.2) is 77.3 Å². The fourth-order valence-electron chi connectivity index (χ4n) is 3.50. The number of rotatable bonds is 6. The van der Waals surface area contributed by atoms with E-state index in [1.165, 1.54) is 41.0 Å². The summed E-state index contributed by atoms with van der Waals surface area (Å²) in [5.74, 6) is 0.178. The number of morpholine rings is 1. The Morgan fingerprint density at radius 1 is 1.24 bits per heavy atom. The van der Waals surface area contributed by atoms with Crippen LogP contribution in [0.25, 0.3) is 17.0 Å². The van der Waals surface area contributed by atoms with E-state index in [0.29, 0.717) is 17.0 Å². The Hall–Kier alpha value is -2.91. The van der Waals surface area contributed by atoms with E-state index in [-0.39, 0.29) is 24.6 Å². The van der Waals surface area contributed by atoms with Crippen LogP contribution < -0.4 is 9.62 Å². The van der Waals surface area contributed by atoms with Crippen molar-refractivity contribution in [2.75, 3.05) is 30.8 Å². The van der Waals surface area contributed by atoms with E-state index in [1.54, 1.807) is 6.07 Å². The van der Waals surface area contributed by atoms with Crippen LogP contribution >= 0.6 is 0 Å². The maximum atomic E-state index is 13.7. The molecule has 3 aromatic rings. The first-order chi connectivity index (χ1) is 15.9. The lowest BCUT2D eigenvalue weighted by molar-refractivity contribution is -0.234. The number of alkyl halides is 4. The lowest BCUT2D eigenvalue weighted by Gasteiger charge is -2.39. The molecule has 10 nitrogen and oxygen atoms in total. The van der Waals surface area contributed by atoms with Gasteiger partial charge in [-0.2, -0.15) is 18.3 Å². The van der Waals surface area contributed by atoms with Crippen molar-refractivity contribution in [3.8, 4) is 11.4 Å². The number of halogens is 4. The Kier molecular flexibility index (Phi) is 6.44. The van der Waals surface area contributed by atoms with Gasteiger partial charge in [-0.25, -0.2) is 37.0 Å². The lowest BCUT2D eigenvalue weighted by Crippen LogP contribution is -2.56. The molecule has 4 heterocycles. The summed E-state index contributed by atoms with van der Waals surface area (Å²) in [5.41, 5.74) is 1.34. The van der Waals surface area contributed by atoms with Gasteiger partial charge in [0.2, 0.25) is 10.0 Å². The molecule has 0 radical (unpaired) electrons. The minimum absolute atomic E-state index is 0.0412. The predicted molar refractivity (Wildman–Crippen MR) is 113 cm³/mol. The molecule has 1 aliphatic heterocycles. The Balaban J connectivity index is 1.65. The number of aromatic nitrogens is 5. The number of imidazole rings is 1. The second kappa shape index (κ2) is 9.03. The number of anilines is 1. The SMILES string of the molecule is CC(F)c1ccc2ncc(-c3cc(N4C[C@@H](CNS(C)(=O)=O)O[C@@H](C(F)(F)F)C4)ncn3)n2n1. The summed E-state index contributed by atoms with van der Waals surface area (Å²) < 4.78 is 85.6. The number of sulfonamides is 1. The van der Waals surface area contributed by atoms with E-state index in [4.69, 9.17) is 4.74 Å². The van der Waals surface area contributed by atoms with Gasteiger partial charge in [0.25, 0.3) is 0 Å². The molecule has 0 bridgehead atoms. The Morgan fingerprint density at radius 2 is 2.00 bits per heavy atom. The minimum Gasteiger partial charge on any atom is -0.360 e. The second-order valence-corrected chi connectivity index (χ2v) is 9.70. The number of hydrogen-bond donors (Lipinski definition) is 1. The van der Waals surface area contributed by atoms with Crippen LogP contribution in [0.5, 0.6) is 0 Å². The monoisotopic (exact) mass is 503 g/mol. The van der Waals surface area contributed by atoms with Crippen molar-refractivity contribution in [1.82, 2.24) is 29.3 Å². The van der Waals surface area contributed by atoms with Crippen molar-refractivity contribution in [2.45, 2.75) is 31.5 Å². The molecule has 0 saturated carbocycles. The third kappa shape index (κ3) is 5.42. The first kappa shape index (κ1) is 24.2. The van der Waals surface area contributed by atoms with Gasteiger partial charge in [0.1, 0.15) is 24.0 Å². The van der Waals surface area contributed by atoms with Crippen LogP contribution in [0.1, 0.15) is 18.8 Å². The van der Waals surface area contributed by atoms with E-state index in [2.05, 4.69) is 24.8 Å². The summed E-state index contributed by atoms with van der Waals surface area (Å²) in [7, 11) is -3.62. The Morgan fingerprint density at radius 3 is 2.68 bits per heavy atom. The summed E-state index contributed by atoms with van der Waals surface area (Å²) in [6, 6.07) is 4.58. The third-order valence-corrected chi connectivity index (χ3v) is 5.83.